The zero-order valence-corrected chi connectivity index (χ0v) is 11.3. The molecule has 1 heterocycles. The highest BCUT2D eigenvalue weighted by Crippen LogP contribution is 2.25. The van der Waals surface area contributed by atoms with Gasteiger partial charge in [0.1, 0.15) is 5.75 Å². The summed E-state index contributed by atoms with van der Waals surface area (Å²) in [4.78, 5) is 11.8. The largest absolute Gasteiger partial charge is 0.493 e. The molecular formula is C17H17NO2. The average molecular weight is 267 g/mol. The van der Waals surface area contributed by atoms with Crippen molar-refractivity contribution in [2.75, 3.05) is 13.2 Å². The normalized spacial score (nSPS) is 13.5. The Morgan fingerprint density at radius 3 is 2.75 bits per heavy atom. The van der Waals surface area contributed by atoms with Crippen LogP contribution in [-0.2, 0) is 12.8 Å². The summed E-state index contributed by atoms with van der Waals surface area (Å²) < 4.78 is 5.88. The Kier molecular flexibility index (Phi) is 3.68. The van der Waals surface area contributed by atoms with E-state index in [4.69, 9.17) is 4.74 Å². The standard InChI is InChI=1S/C17H17NO2/c19-17-15-7-4-8-16(14(15)9-11-18-17)20-12-10-13-5-2-1-3-6-13/h1-8H,9-12H2,(H,18,19). The van der Waals surface area contributed by atoms with Crippen LogP contribution in [0, 0.1) is 0 Å². The van der Waals surface area contributed by atoms with Crippen LogP contribution in [0.4, 0.5) is 0 Å². The van der Waals surface area contributed by atoms with Crippen LogP contribution < -0.4 is 10.1 Å². The number of hydrogen-bond donors (Lipinski definition) is 1. The molecule has 0 aliphatic carbocycles. The van der Waals surface area contributed by atoms with Crippen LogP contribution in [0.25, 0.3) is 0 Å². The molecule has 0 aromatic heterocycles. The zero-order valence-electron chi connectivity index (χ0n) is 11.3. The quantitative estimate of drug-likeness (QED) is 0.924. The fourth-order valence-corrected chi connectivity index (χ4v) is 2.49. The summed E-state index contributed by atoms with van der Waals surface area (Å²) in [7, 11) is 0. The molecule has 0 bridgehead atoms. The molecule has 0 spiro atoms. The summed E-state index contributed by atoms with van der Waals surface area (Å²) in [5.74, 6) is 0.841. The number of fused-ring (bicyclic) bond motifs is 1. The maximum absolute atomic E-state index is 11.8. The van der Waals surface area contributed by atoms with Crippen molar-refractivity contribution < 1.29 is 9.53 Å². The van der Waals surface area contributed by atoms with E-state index in [2.05, 4.69) is 17.4 Å². The molecule has 0 unspecified atom stereocenters. The molecule has 3 nitrogen and oxygen atoms in total. The van der Waals surface area contributed by atoms with Gasteiger partial charge in [-0.3, -0.25) is 4.79 Å². The molecule has 1 amide bonds. The maximum atomic E-state index is 11.8. The van der Waals surface area contributed by atoms with E-state index in [0.717, 1.165) is 29.7 Å². The van der Waals surface area contributed by atoms with E-state index in [0.29, 0.717) is 13.2 Å². The number of carbonyl (C=O) groups excluding carboxylic acids is 1. The first-order valence-electron chi connectivity index (χ1n) is 6.91. The SMILES string of the molecule is O=C1NCCc2c(OCCc3ccccc3)cccc21. The average Bonchev–Trinajstić information content (AvgIpc) is 2.49. The highest BCUT2D eigenvalue weighted by atomic mass is 16.5. The van der Waals surface area contributed by atoms with Crippen LogP contribution in [0.1, 0.15) is 21.5 Å². The number of hydrogen-bond acceptors (Lipinski definition) is 2. The number of nitrogens with one attached hydrogen (secondary N) is 1. The van der Waals surface area contributed by atoms with Crippen molar-refractivity contribution >= 4 is 5.91 Å². The first kappa shape index (κ1) is 12.7. The molecule has 1 aliphatic rings. The van der Waals surface area contributed by atoms with Crippen LogP contribution in [0.5, 0.6) is 5.75 Å². The second kappa shape index (κ2) is 5.78. The minimum Gasteiger partial charge on any atom is -0.493 e. The molecule has 1 aliphatic heterocycles. The van der Waals surface area contributed by atoms with Gasteiger partial charge in [-0.05, 0) is 24.1 Å². The maximum Gasteiger partial charge on any atom is 0.251 e. The zero-order chi connectivity index (χ0) is 13.8. The third kappa shape index (κ3) is 2.67. The van der Waals surface area contributed by atoms with Gasteiger partial charge in [-0.2, -0.15) is 0 Å². The monoisotopic (exact) mass is 267 g/mol. The number of amides is 1. The molecule has 2 aromatic carbocycles. The first-order chi connectivity index (χ1) is 9.84. The van der Waals surface area contributed by atoms with Crippen LogP contribution in [-0.4, -0.2) is 19.1 Å². The lowest BCUT2D eigenvalue weighted by atomic mass is 9.99. The van der Waals surface area contributed by atoms with Gasteiger partial charge < -0.3 is 10.1 Å². The van der Waals surface area contributed by atoms with E-state index in [1.54, 1.807) is 0 Å². The summed E-state index contributed by atoms with van der Waals surface area (Å²) in [5.41, 5.74) is 3.04. The third-order valence-corrected chi connectivity index (χ3v) is 3.53. The Bertz CT molecular complexity index is 608. The molecule has 0 radical (unpaired) electrons. The lowest BCUT2D eigenvalue weighted by Gasteiger charge is -2.19. The van der Waals surface area contributed by atoms with E-state index in [1.165, 1.54) is 5.56 Å². The van der Waals surface area contributed by atoms with Gasteiger partial charge in [0.25, 0.3) is 5.91 Å². The van der Waals surface area contributed by atoms with Crippen molar-refractivity contribution in [3.63, 3.8) is 0 Å². The molecule has 0 atom stereocenters. The molecular weight excluding hydrogens is 250 g/mol. The summed E-state index contributed by atoms with van der Waals surface area (Å²) >= 11 is 0. The van der Waals surface area contributed by atoms with E-state index in [1.807, 2.05) is 36.4 Å². The van der Waals surface area contributed by atoms with Crippen molar-refractivity contribution in [2.24, 2.45) is 0 Å². The fraction of sp³-hybridized carbons (Fsp3) is 0.235. The van der Waals surface area contributed by atoms with Gasteiger partial charge >= 0.3 is 0 Å². The van der Waals surface area contributed by atoms with Gasteiger partial charge in [-0.25, -0.2) is 0 Å². The van der Waals surface area contributed by atoms with Crippen molar-refractivity contribution in [2.45, 2.75) is 12.8 Å². The molecule has 0 saturated heterocycles. The first-order valence-corrected chi connectivity index (χ1v) is 6.91. The van der Waals surface area contributed by atoms with E-state index < -0.39 is 0 Å². The Balaban J connectivity index is 1.69. The Morgan fingerprint density at radius 1 is 1.05 bits per heavy atom. The van der Waals surface area contributed by atoms with Crippen LogP contribution >= 0.6 is 0 Å². The Hall–Kier alpha value is -2.29. The number of rotatable bonds is 4. The lowest BCUT2D eigenvalue weighted by Crippen LogP contribution is -2.32. The summed E-state index contributed by atoms with van der Waals surface area (Å²) in [6.07, 6.45) is 1.71. The van der Waals surface area contributed by atoms with Crippen molar-refractivity contribution in [1.29, 1.82) is 0 Å². The smallest absolute Gasteiger partial charge is 0.251 e. The second-order valence-corrected chi connectivity index (χ2v) is 4.87. The van der Waals surface area contributed by atoms with Crippen molar-refractivity contribution in [3.05, 3.63) is 65.2 Å². The molecule has 3 heteroatoms. The van der Waals surface area contributed by atoms with Gasteiger partial charge in [0, 0.05) is 24.1 Å². The van der Waals surface area contributed by atoms with Crippen LogP contribution in [0.2, 0.25) is 0 Å². The predicted molar refractivity (Wildman–Crippen MR) is 78.1 cm³/mol. The molecule has 1 N–H and O–H groups in total. The molecule has 0 fully saturated rings. The minimum absolute atomic E-state index is 0.000223. The molecule has 102 valence electrons. The minimum atomic E-state index is -0.000223. The van der Waals surface area contributed by atoms with Gasteiger partial charge in [-0.15, -0.1) is 0 Å². The second-order valence-electron chi connectivity index (χ2n) is 4.87. The number of ether oxygens (including phenoxy) is 1. The van der Waals surface area contributed by atoms with E-state index in [9.17, 15) is 4.79 Å². The van der Waals surface area contributed by atoms with Crippen LogP contribution in [0.3, 0.4) is 0 Å². The van der Waals surface area contributed by atoms with Gasteiger partial charge in [0.05, 0.1) is 6.61 Å². The Labute approximate surface area is 118 Å². The third-order valence-electron chi connectivity index (χ3n) is 3.53. The number of benzene rings is 2. The summed E-state index contributed by atoms with van der Waals surface area (Å²) in [6, 6.07) is 15.9. The molecule has 3 rings (SSSR count). The molecule has 2 aromatic rings. The molecule has 20 heavy (non-hydrogen) atoms. The fourth-order valence-electron chi connectivity index (χ4n) is 2.49. The molecule has 0 saturated carbocycles. The van der Waals surface area contributed by atoms with Gasteiger partial charge in [0.15, 0.2) is 0 Å². The van der Waals surface area contributed by atoms with E-state index in [-0.39, 0.29) is 5.91 Å². The van der Waals surface area contributed by atoms with Crippen molar-refractivity contribution in [3.8, 4) is 5.75 Å². The summed E-state index contributed by atoms with van der Waals surface area (Å²) in [6.45, 7) is 1.31. The number of carbonyl (C=O) groups is 1. The van der Waals surface area contributed by atoms with Gasteiger partial charge in [-0.1, -0.05) is 36.4 Å². The van der Waals surface area contributed by atoms with E-state index >= 15 is 0 Å². The van der Waals surface area contributed by atoms with Crippen molar-refractivity contribution in [1.82, 2.24) is 5.32 Å². The predicted octanol–water partition coefficient (Wildman–Crippen LogP) is 2.59. The highest BCUT2D eigenvalue weighted by molar-refractivity contribution is 5.97. The summed E-state index contributed by atoms with van der Waals surface area (Å²) in [5, 5.41) is 2.85. The lowest BCUT2D eigenvalue weighted by molar-refractivity contribution is 0.0945. The Morgan fingerprint density at radius 2 is 1.90 bits per heavy atom. The topological polar surface area (TPSA) is 38.3 Å². The van der Waals surface area contributed by atoms with Gasteiger partial charge in [0.2, 0.25) is 0 Å². The van der Waals surface area contributed by atoms with Crippen LogP contribution in [0.15, 0.2) is 48.5 Å². The highest BCUT2D eigenvalue weighted by Gasteiger charge is 2.19.